The van der Waals surface area contributed by atoms with E-state index in [1.165, 1.54) is 0 Å². The second-order valence-corrected chi connectivity index (χ2v) is 6.81. The van der Waals surface area contributed by atoms with Crippen LogP contribution in [0.25, 0.3) is 0 Å². The summed E-state index contributed by atoms with van der Waals surface area (Å²) in [7, 11) is 0. The zero-order valence-corrected chi connectivity index (χ0v) is 15.3. The van der Waals surface area contributed by atoms with Crippen molar-refractivity contribution in [2.45, 2.75) is 13.5 Å². The minimum Gasteiger partial charge on any atom is -0.487 e. The molecular formula is C18H20N2O5S. The molecule has 0 atom stereocenters. The van der Waals surface area contributed by atoms with Gasteiger partial charge in [0.25, 0.3) is 5.91 Å². The lowest BCUT2D eigenvalue weighted by molar-refractivity contribution is -0.138. The van der Waals surface area contributed by atoms with Gasteiger partial charge in [0.05, 0.1) is 29.5 Å². The first-order valence-corrected chi connectivity index (χ1v) is 9.16. The molecule has 1 aliphatic rings. The third kappa shape index (κ3) is 5.03. The van der Waals surface area contributed by atoms with Crippen LogP contribution in [0.5, 0.6) is 5.75 Å². The van der Waals surface area contributed by atoms with Crippen LogP contribution >= 0.6 is 11.3 Å². The predicted octanol–water partition coefficient (Wildman–Crippen LogP) is 2.05. The third-order valence-electron chi connectivity index (χ3n) is 3.81. The predicted molar refractivity (Wildman–Crippen MR) is 95.3 cm³/mol. The number of amides is 1. The molecular weight excluding hydrogens is 356 g/mol. The highest BCUT2D eigenvalue weighted by molar-refractivity contribution is 7.09. The van der Waals surface area contributed by atoms with Gasteiger partial charge in [-0.1, -0.05) is 6.07 Å². The van der Waals surface area contributed by atoms with Gasteiger partial charge in [-0.25, -0.2) is 9.78 Å². The molecule has 1 fully saturated rings. The van der Waals surface area contributed by atoms with E-state index in [0.29, 0.717) is 44.2 Å². The Bertz CT molecular complexity index is 770. The van der Waals surface area contributed by atoms with E-state index in [1.54, 1.807) is 40.5 Å². The Morgan fingerprint density at radius 3 is 2.85 bits per heavy atom. The van der Waals surface area contributed by atoms with Crippen LogP contribution in [0.4, 0.5) is 0 Å². The monoisotopic (exact) mass is 376 g/mol. The van der Waals surface area contributed by atoms with Crippen molar-refractivity contribution in [3.8, 4) is 5.75 Å². The van der Waals surface area contributed by atoms with Gasteiger partial charge in [-0.05, 0) is 25.1 Å². The lowest BCUT2D eigenvalue weighted by Gasteiger charge is -2.26. The van der Waals surface area contributed by atoms with Gasteiger partial charge in [-0.15, -0.1) is 11.3 Å². The summed E-state index contributed by atoms with van der Waals surface area (Å²) in [6.07, 6.45) is 0. The summed E-state index contributed by atoms with van der Waals surface area (Å²) in [5.41, 5.74) is 1.18. The number of rotatable bonds is 6. The maximum Gasteiger partial charge on any atom is 0.338 e. The Morgan fingerprint density at radius 2 is 2.12 bits per heavy atom. The van der Waals surface area contributed by atoms with E-state index in [-0.39, 0.29) is 12.5 Å². The number of hydrogen-bond acceptors (Lipinski definition) is 7. The average Bonchev–Trinajstić information content (AvgIpc) is 3.10. The van der Waals surface area contributed by atoms with Gasteiger partial charge in [0, 0.05) is 18.5 Å². The number of morpholine rings is 1. The summed E-state index contributed by atoms with van der Waals surface area (Å²) in [6.45, 7) is 4.06. The lowest BCUT2D eigenvalue weighted by Crippen LogP contribution is -2.42. The third-order valence-corrected chi connectivity index (χ3v) is 4.64. The summed E-state index contributed by atoms with van der Waals surface area (Å²) in [4.78, 5) is 30.2. The molecule has 26 heavy (non-hydrogen) atoms. The molecule has 1 amide bonds. The number of nitrogens with zero attached hydrogens (tertiary/aromatic N) is 2. The van der Waals surface area contributed by atoms with Gasteiger partial charge < -0.3 is 19.1 Å². The summed E-state index contributed by atoms with van der Waals surface area (Å²) in [5.74, 6) is -0.223. The van der Waals surface area contributed by atoms with E-state index in [9.17, 15) is 9.59 Å². The van der Waals surface area contributed by atoms with Crippen LogP contribution in [0.15, 0.2) is 29.6 Å². The number of carbonyl (C=O) groups excluding carboxylic acids is 2. The molecule has 7 nitrogen and oxygen atoms in total. The maximum atomic E-state index is 12.2. The molecule has 8 heteroatoms. The molecule has 0 spiro atoms. The normalized spacial score (nSPS) is 14.1. The molecule has 2 heterocycles. The zero-order chi connectivity index (χ0) is 18.4. The van der Waals surface area contributed by atoms with Crippen molar-refractivity contribution in [3.63, 3.8) is 0 Å². The molecule has 0 radical (unpaired) electrons. The van der Waals surface area contributed by atoms with E-state index in [1.807, 2.05) is 12.3 Å². The largest absolute Gasteiger partial charge is 0.487 e. The van der Waals surface area contributed by atoms with Crippen molar-refractivity contribution in [2.75, 3.05) is 32.9 Å². The van der Waals surface area contributed by atoms with Crippen LogP contribution in [-0.2, 0) is 20.9 Å². The maximum absolute atomic E-state index is 12.2. The average molecular weight is 376 g/mol. The highest BCUT2D eigenvalue weighted by Crippen LogP contribution is 2.17. The van der Waals surface area contributed by atoms with E-state index in [4.69, 9.17) is 14.2 Å². The minimum absolute atomic E-state index is 0.215. The molecule has 0 N–H and O–H groups in total. The van der Waals surface area contributed by atoms with E-state index in [0.717, 1.165) is 10.7 Å². The van der Waals surface area contributed by atoms with Crippen LogP contribution < -0.4 is 4.74 Å². The fraction of sp³-hybridized carbons (Fsp3) is 0.389. The standard InChI is InChI=1S/C18H20N2O5S/c1-13-19-15(12-26-13)10-24-16-4-2-3-14(9-16)18(22)25-11-17(21)20-5-7-23-8-6-20/h2-4,9,12H,5-8,10-11H2,1H3. The SMILES string of the molecule is Cc1nc(COc2cccc(C(=O)OCC(=O)N3CCOCC3)c2)cs1. The fourth-order valence-corrected chi connectivity index (χ4v) is 3.06. The van der Waals surface area contributed by atoms with E-state index in [2.05, 4.69) is 4.98 Å². The van der Waals surface area contributed by atoms with Crippen molar-refractivity contribution in [1.29, 1.82) is 0 Å². The molecule has 0 bridgehead atoms. The van der Waals surface area contributed by atoms with Gasteiger partial charge in [0.15, 0.2) is 6.61 Å². The molecule has 1 aliphatic heterocycles. The van der Waals surface area contributed by atoms with Gasteiger partial charge in [-0.2, -0.15) is 0 Å². The number of esters is 1. The van der Waals surface area contributed by atoms with Crippen molar-refractivity contribution in [1.82, 2.24) is 9.88 Å². The van der Waals surface area contributed by atoms with Gasteiger partial charge in [0.2, 0.25) is 0 Å². The molecule has 0 unspecified atom stereocenters. The minimum atomic E-state index is -0.554. The highest BCUT2D eigenvalue weighted by Gasteiger charge is 2.19. The fourth-order valence-electron chi connectivity index (χ4n) is 2.46. The smallest absolute Gasteiger partial charge is 0.338 e. The van der Waals surface area contributed by atoms with Crippen molar-refractivity contribution < 1.29 is 23.8 Å². The molecule has 1 saturated heterocycles. The molecule has 3 rings (SSSR count). The van der Waals surface area contributed by atoms with Crippen LogP contribution in [0.3, 0.4) is 0 Å². The molecule has 138 valence electrons. The first-order chi connectivity index (χ1) is 12.6. The number of ether oxygens (including phenoxy) is 3. The first-order valence-electron chi connectivity index (χ1n) is 8.28. The summed E-state index contributed by atoms with van der Waals surface area (Å²) in [5, 5.41) is 2.91. The zero-order valence-electron chi connectivity index (χ0n) is 14.5. The molecule has 1 aromatic carbocycles. The Kier molecular flexibility index (Phi) is 6.19. The van der Waals surface area contributed by atoms with Gasteiger partial charge in [-0.3, -0.25) is 4.79 Å². The number of aromatic nitrogens is 1. The van der Waals surface area contributed by atoms with Crippen molar-refractivity contribution in [3.05, 3.63) is 45.9 Å². The summed E-state index contributed by atoms with van der Waals surface area (Å²) in [6, 6.07) is 6.69. The number of thiazole rings is 1. The van der Waals surface area contributed by atoms with Crippen LogP contribution in [0.1, 0.15) is 21.1 Å². The topological polar surface area (TPSA) is 78.0 Å². The molecule has 0 saturated carbocycles. The van der Waals surface area contributed by atoms with Gasteiger partial charge >= 0.3 is 5.97 Å². The summed E-state index contributed by atoms with van der Waals surface area (Å²) >= 11 is 1.56. The van der Waals surface area contributed by atoms with E-state index < -0.39 is 5.97 Å². The Balaban J connectivity index is 1.51. The second-order valence-electron chi connectivity index (χ2n) is 5.74. The van der Waals surface area contributed by atoms with E-state index >= 15 is 0 Å². The van der Waals surface area contributed by atoms with Crippen LogP contribution in [-0.4, -0.2) is 54.7 Å². The highest BCUT2D eigenvalue weighted by atomic mass is 32.1. The summed E-state index contributed by atoms with van der Waals surface area (Å²) < 4.78 is 16.0. The van der Waals surface area contributed by atoms with Crippen LogP contribution in [0, 0.1) is 6.92 Å². The molecule has 0 aliphatic carbocycles. The Hall–Kier alpha value is -2.45. The number of carbonyl (C=O) groups is 2. The van der Waals surface area contributed by atoms with Crippen LogP contribution in [0.2, 0.25) is 0 Å². The number of benzene rings is 1. The molecule has 2 aromatic rings. The Morgan fingerprint density at radius 1 is 1.31 bits per heavy atom. The van der Waals surface area contributed by atoms with Crippen molar-refractivity contribution in [2.24, 2.45) is 0 Å². The second kappa shape index (κ2) is 8.77. The first kappa shape index (κ1) is 18.3. The number of aryl methyl sites for hydroxylation is 1. The Labute approximate surface area is 155 Å². The quantitative estimate of drug-likeness (QED) is 0.718. The lowest BCUT2D eigenvalue weighted by atomic mass is 10.2. The molecule has 1 aromatic heterocycles. The van der Waals surface area contributed by atoms with Gasteiger partial charge in [0.1, 0.15) is 12.4 Å². The van der Waals surface area contributed by atoms with Crippen molar-refractivity contribution >= 4 is 23.2 Å². The number of hydrogen-bond donors (Lipinski definition) is 0.